The van der Waals surface area contributed by atoms with Gasteiger partial charge in [-0.25, -0.2) is 0 Å². The molecular formula is C21H26O3. The second kappa shape index (κ2) is 9.89. The van der Waals surface area contributed by atoms with Crippen LogP contribution < -0.4 is 0 Å². The molecule has 0 aliphatic carbocycles. The van der Waals surface area contributed by atoms with Crippen LogP contribution in [0.15, 0.2) is 48.5 Å². The fourth-order valence-electron chi connectivity index (χ4n) is 2.55. The maximum Gasteiger partial charge on any atom is 0.196 e. The number of ether oxygens (including phenoxy) is 1. The van der Waals surface area contributed by atoms with E-state index >= 15 is 0 Å². The SMILES string of the molecule is CCCCOCCCCc1ccc(C(=O)c2ccccc2)c(O)c1. The van der Waals surface area contributed by atoms with E-state index in [1.165, 1.54) is 0 Å². The molecule has 0 amide bonds. The number of rotatable bonds is 10. The summed E-state index contributed by atoms with van der Waals surface area (Å²) in [7, 11) is 0. The Morgan fingerprint density at radius 3 is 2.46 bits per heavy atom. The average molecular weight is 326 g/mol. The van der Waals surface area contributed by atoms with Gasteiger partial charge >= 0.3 is 0 Å². The Hall–Kier alpha value is -2.13. The third-order valence-electron chi connectivity index (χ3n) is 3.99. The topological polar surface area (TPSA) is 46.5 Å². The number of hydrogen-bond donors (Lipinski definition) is 1. The third kappa shape index (κ3) is 5.50. The Labute approximate surface area is 144 Å². The molecule has 24 heavy (non-hydrogen) atoms. The highest BCUT2D eigenvalue weighted by molar-refractivity contribution is 6.10. The first-order valence-electron chi connectivity index (χ1n) is 8.71. The average Bonchev–Trinajstić information content (AvgIpc) is 2.61. The van der Waals surface area contributed by atoms with Crippen molar-refractivity contribution in [1.82, 2.24) is 0 Å². The first-order chi connectivity index (χ1) is 11.7. The van der Waals surface area contributed by atoms with Gasteiger partial charge in [0.2, 0.25) is 0 Å². The quantitative estimate of drug-likeness (QED) is 0.505. The molecule has 3 heteroatoms. The van der Waals surface area contributed by atoms with E-state index < -0.39 is 0 Å². The summed E-state index contributed by atoms with van der Waals surface area (Å²) in [5.41, 5.74) is 1.99. The molecule has 2 aromatic rings. The normalized spacial score (nSPS) is 10.7. The van der Waals surface area contributed by atoms with Crippen LogP contribution in [0.5, 0.6) is 5.75 Å². The number of unbranched alkanes of at least 4 members (excludes halogenated alkanes) is 2. The molecule has 0 bridgehead atoms. The number of aryl methyl sites for hydroxylation is 1. The van der Waals surface area contributed by atoms with Crippen molar-refractivity contribution in [3.63, 3.8) is 0 Å². The summed E-state index contributed by atoms with van der Waals surface area (Å²) in [5, 5.41) is 10.2. The van der Waals surface area contributed by atoms with Crippen molar-refractivity contribution in [2.75, 3.05) is 13.2 Å². The minimum Gasteiger partial charge on any atom is -0.507 e. The third-order valence-corrected chi connectivity index (χ3v) is 3.99. The minimum absolute atomic E-state index is 0.0561. The predicted molar refractivity (Wildman–Crippen MR) is 96.6 cm³/mol. The molecule has 2 aromatic carbocycles. The number of phenols is 1. The lowest BCUT2D eigenvalue weighted by molar-refractivity contribution is 0.103. The second-order valence-corrected chi connectivity index (χ2v) is 5.97. The van der Waals surface area contributed by atoms with E-state index in [2.05, 4.69) is 6.92 Å². The van der Waals surface area contributed by atoms with Gasteiger partial charge in [-0.2, -0.15) is 0 Å². The lowest BCUT2D eigenvalue weighted by Gasteiger charge is -2.07. The molecule has 0 fully saturated rings. The highest BCUT2D eigenvalue weighted by Crippen LogP contribution is 2.23. The molecule has 0 atom stereocenters. The fourth-order valence-corrected chi connectivity index (χ4v) is 2.55. The summed E-state index contributed by atoms with van der Waals surface area (Å²) in [4.78, 5) is 12.4. The van der Waals surface area contributed by atoms with Crippen molar-refractivity contribution in [3.05, 3.63) is 65.2 Å². The van der Waals surface area contributed by atoms with Crippen LogP contribution in [0.2, 0.25) is 0 Å². The maximum absolute atomic E-state index is 12.4. The van der Waals surface area contributed by atoms with Crippen molar-refractivity contribution in [2.24, 2.45) is 0 Å². The summed E-state index contributed by atoms with van der Waals surface area (Å²) < 4.78 is 5.54. The molecule has 1 N–H and O–H groups in total. The molecule has 0 heterocycles. The molecule has 0 saturated carbocycles. The minimum atomic E-state index is -0.149. The van der Waals surface area contributed by atoms with Gasteiger partial charge in [0, 0.05) is 18.8 Å². The van der Waals surface area contributed by atoms with Crippen molar-refractivity contribution in [1.29, 1.82) is 0 Å². The Morgan fingerprint density at radius 1 is 1.00 bits per heavy atom. The Balaban J connectivity index is 1.85. The van der Waals surface area contributed by atoms with Crippen LogP contribution in [-0.4, -0.2) is 24.1 Å². The standard InChI is InChI=1S/C21H26O3/c1-2-3-14-24-15-8-7-9-17-12-13-19(20(22)16-17)21(23)18-10-5-4-6-11-18/h4-6,10-13,16,22H,2-3,7-9,14-15H2,1H3. The zero-order chi connectivity index (χ0) is 17.2. The molecule has 0 spiro atoms. The van der Waals surface area contributed by atoms with Gasteiger partial charge in [-0.1, -0.05) is 49.7 Å². The molecule has 0 aromatic heterocycles. The van der Waals surface area contributed by atoms with E-state index in [1.807, 2.05) is 24.3 Å². The largest absolute Gasteiger partial charge is 0.507 e. The van der Waals surface area contributed by atoms with Crippen molar-refractivity contribution in [2.45, 2.75) is 39.0 Å². The van der Waals surface area contributed by atoms with E-state index in [-0.39, 0.29) is 11.5 Å². The van der Waals surface area contributed by atoms with E-state index in [9.17, 15) is 9.90 Å². The van der Waals surface area contributed by atoms with Crippen LogP contribution in [0.3, 0.4) is 0 Å². The predicted octanol–water partition coefficient (Wildman–Crippen LogP) is 4.76. The Kier molecular flexibility index (Phi) is 7.50. The van der Waals surface area contributed by atoms with E-state index in [1.54, 1.807) is 24.3 Å². The van der Waals surface area contributed by atoms with Gasteiger partial charge in [0.15, 0.2) is 5.78 Å². The zero-order valence-electron chi connectivity index (χ0n) is 14.3. The number of aromatic hydroxyl groups is 1. The molecule has 0 aliphatic rings. The Morgan fingerprint density at radius 2 is 1.75 bits per heavy atom. The molecule has 2 rings (SSSR count). The number of carbonyl (C=O) groups is 1. The number of ketones is 1. The van der Waals surface area contributed by atoms with Gasteiger partial charge in [-0.15, -0.1) is 0 Å². The molecule has 0 saturated heterocycles. The zero-order valence-corrected chi connectivity index (χ0v) is 14.3. The van der Waals surface area contributed by atoms with Crippen LogP contribution in [0.1, 0.15) is 54.1 Å². The number of hydrogen-bond acceptors (Lipinski definition) is 3. The van der Waals surface area contributed by atoms with Gasteiger partial charge in [-0.05, 0) is 43.4 Å². The summed E-state index contributed by atoms with van der Waals surface area (Å²) in [6.45, 7) is 3.78. The lowest BCUT2D eigenvalue weighted by Crippen LogP contribution is -2.02. The van der Waals surface area contributed by atoms with Crippen LogP contribution in [0, 0.1) is 0 Å². The number of benzene rings is 2. The van der Waals surface area contributed by atoms with Gasteiger partial charge in [-0.3, -0.25) is 4.79 Å². The summed E-state index contributed by atoms with van der Waals surface area (Å²) >= 11 is 0. The maximum atomic E-state index is 12.4. The fraction of sp³-hybridized carbons (Fsp3) is 0.381. The highest BCUT2D eigenvalue weighted by atomic mass is 16.5. The van der Waals surface area contributed by atoms with E-state index in [0.717, 1.165) is 50.9 Å². The van der Waals surface area contributed by atoms with Crippen LogP contribution in [0.25, 0.3) is 0 Å². The van der Waals surface area contributed by atoms with Gasteiger partial charge in [0.05, 0.1) is 5.56 Å². The molecule has 128 valence electrons. The van der Waals surface area contributed by atoms with Gasteiger partial charge in [0.1, 0.15) is 5.75 Å². The molecule has 0 radical (unpaired) electrons. The first kappa shape index (κ1) is 18.2. The van der Waals surface area contributed by atoms with Gasteiger partial charge in [0.25, 0.3) is 0 Å². The summed E-state index contributed by atoms with van der Waals surface area (Å²) in [6, 6.07) is 14.4. The number of phenolic OH excluding ortho intramolecular Hbond substituents is 1. The van der Waals surface area contributed by atoms with Crippen LogP contribution in [-0.2, 0) is 11.2 Å². The molecule has 0 aliphatic heterocycles. The molecular weight excluding hydrogens is 300 g/mol. The van der Waals surface area contributed by atoms with Gasteiger partial charge < -0.3 is 9.84 Å². The smallest absolute Gasteiger partial charge is 0.196 e. The van der Waals surface area contributed by atoms with Crippen LogP contribution >= 0.6 is 0 Å². The number of carbonyl (C=O) groups excluding carboxylic acids is 1. The van der Waals surface area contributed by atoms with E-state index in [0.29, 0.717) is 11.1 Å². The first-order valence-corrected chi connectivity index (χ1v) is 8.71. The summed E-state index contributed by atoms with van der Waals surface area (Å²) in [6.07, 6.45) is 5.18. The summed E-state index contributed by atoms with van der Waals surface area (Å²) in [5.74, 6) is -0.0930. The monoisotopic (exact) mass is 326 g/mol. The van der Waals surface area contributed by atoms with Crippen molar-refractivity contribution < 1.29 is 14.6 Å². The molecule has 3 nitrogen and oxygen atoms in total. The van der Waals surface area contributed by atoms with Crippen molar-refractivity contribution in [3.8, 4) is 5.75 Å². The van der Waals surface area contributed by atoms with Crippen molar-refractivity contribution >= 4 is 5.78 Å². The molecule has 0 unspecified atom stereocenters. The second-order valence-electron chi connectivity index (χ2n) is 5.97. The van der Waals surface area contributed by atoms with E-state index in [4.69, 9.17) is 4.74 Å². The van der Waals surface area contributed by atoms with Crippen LogP contribution in [0.4, 0.5) is 0 Å². The lowest BCUT2D eigenvalue weighted by atomic mass is 9.99. The Bertz CT molecular complexity index is 635. The highest BCUT2D eigenvalue weighted by Gasteiger charge is 2.13.